The lowest BCUT2D eigenvalue weighted by Gasteiger charge is -2.36. The Kier molecular flexibility index (Phi) is 12.4. The summed E-state index contributed by atoms with van der Waals surface area (Å²) in [5.41, 5.74) is 0.409. The van der Waals surface area contributed by atoms with Crippen LogP contribution in [0, 0.1) is 11.8 Å². The van der Waals surface area contributed by atoms with Crippen molar-refractivity contribution >= 4 is 29.4 Å². The number of ether oxygens (including phenoxy) is 3. The zero-order chi connectivity index (χ0) is 33.3. The number of nitrogens with zero attached hydrogens (tertiary/aromatic N) is 2. The molecular formula is C36H48N2O8. The van der Waals surface area contributed by atoms with Gasteiger partial charge in [0.2, 0.25) is 0 Å². The van der Waals surface area contributed by atoms with Crippen LogP contribution in [0.5, 0.6) is 0 Å². The normalized spacial score (nSPS) is 32.0. The van der Waals surface area contributed by atoms with Crippen molar-refractivity contribution in [2.45, 2.75) is 115 Å². The monoisotopic (exact) mass is 636 g/mol. The number of esters is 2. The summed E-state index contributed by atoms with van der Waals surface area (Å²) in [6, 6.07) is 2.91. The maximum absolute atomic E-state index is 13.8. The first-order chi connectivity index (χ1) is 22.0. The lowest BCUT2D eigenvalue weighted by atomic mass is 9.88. The number of carbonyl (C=O) groups is 5. The summed E-state index contributed by atoms with van der Waals surface area (Å²) in [4.78, 5) is 72.7. The molecule has 2 saturated heterocycles. The van der Waals surface area contributed by atoms with Gasteiger partial charge in [-0.1, -0.05) is 30.7 Å². The molecule has 3 aliphatic heterocycles. The first-order valence-corrected chi connectivity index (χ1v) is 16.6. The molecule has 46 heavy (non-hydrogen) atoms. The summed E-state index contributed by atoms with van der Waals surface area (Å²) in [5.74, 6) is -3.17. The molecule has 2 bridgehead atoms. The average Bonchev–Trinajstić information content (AvgIpc) is 3.47. The lowest BCUT2D eigenvalue weighted by molar-refractivity contribution is -0.171. The molecule has 1 amide bonds. The number of rotatable bonds is 5. The number of aromatic nitrogens is 1. The molecule has 0 saturated carbocycles. The van der Waals surface area contributed by atoms with Gasteiger partial charge in [-0.2, -0.15) is 0 Å². The molecule has 0 aliphatic carbocycles. The largest absolute Gasteiger partial charge is 0.463 e. The number of aryl methyl sites for hydroxylation is 1. The van der Waals surface area contributed by atoms with E-state index >= 15 is 0 Å². The van der Waals surface area contributed by atoms with Crippen LogP contribution in [0.2, 0.25) is 0 Å². The van der Waals surface area contributed by atoms with Crippen molar-refractivity contribution in [3.8, 4) is 0 Å². The lowest BCUT2D eigenvalue weighted by Crippen LogP contribution is -2.55. The first-order valence-electron chi connectivity index (χ1n) is 16.6. The number of fused-ring (bicyclic) bond motifs is 3. The van der Waals surface area contributed by atoms with E-state index in [1.165, 1.54) is 11.8 Å². The molecule has 6 atom stereocenters. The van der Waals surface area contributed by atoms with Gasteiger partial charge in [-0.05, 0) is 89.2 Å². The fourth-order valence-electron chi connectivity index (χ4n) is 6.54. The van der Waals surface area contributed by atoms with E-state index in [1.54, 1.807) is 18.5 Å². The summed E-state index contributed by atoms with van der Waals surface area (Å²) in [6.07, 6.45) is 10.6. The molecule has 1 aromatic heterocycles. The fraction of sp³-hybridized carbons (Fsp3) is 0.611. The van der Waals surface area contributed by atoms with Crippen molar-refractivity contribution < 1.29 is 38.2 Å². The maximum Gasteiger partial charge on any atom is 0.335 e. The number of cyclic esters (lactones) is 2. The number of hydrogen-bond donors (Lipinski definition) is 0. The van der Waals surface area contributed by atoms with E-state index in [0.717, 1.165) is 11.1 Å². The molecule has 4 heterocycles. The molecule has 2 fully saturated rings. The highest BCUT2D eigenvalue weighted by molar-refractivity contribution is 6.39. The van der Waals surface area contributed by atoms with Crippen molar-refractivity contribution in [2.75, 3.05) is 13.2 Å². The third-order valence-electron chi connectivity index (χ3n) is 9.51. The molecule has 10 nitrogen and oxygen atoms in total. The van der Waals surface area contributed by atoms with Crippen LogP contribution in [0.3, 0.4) is 0 Å². The summed E-state index contributed by atoms with van der Waals surface area (Å²) in [7, 11) is 0. The summed E-state index contributed by atoms with van der Waals surface area (Å²) < 4.78 is 17.5. The topological polar surface area (TPSA) is 129 Å². The van der Waals surface area contributed by atoms with Gasteiger partial charge in [-0.3, -0.25) is 19.4 Å². The predicted octanol–water partition coefficient (Wildman–Crippen LogP) is 4.88. The fourth-order valence-corrected chi connectivity index (χ4v) is 6.54. The van der Waals surface area contributed by atoms with Crippen LogP contribution in [-0.4, -0.2) is 76.3 Å². The van der Waals surface area contributed by atoms with E-state index in [4.69, 9.17) is 14.2 Å². The summed E-state index contributed by atoms with van der Waals surface area (Å²) in [6.45, 7) is 9.56. The van der Waals surface area contributed by atoms with Gasteiger partial charge >= 0.3 is 11.9 Å². The third-order valence-corrected chi connectivity index (χ3v) is 9.51. The highest BCUT2D eigenvalue weighted by Crippen LogP contribution is 2.33. The zero-order valence-electron chi connectivity index (χ0n) is 27.4. The Morgan fingerprint density at radius 3 is 2.63 bits per heavy atom. The van der Waals surface area contributed by atoms with E-state index in [9.17, 15) is 24.0 Å². The van der Waals surface area contributed by atoms with E-state index < -0.39 is 47.5 Å². The molecule has 0 aromatic carbocycles. The molecule has 0 radical (unpaired) electrons. The highest BCUT2D eigenvalue weighted by atomic mass is 16.6. The molecule has 0 spiro atoms. The summed E-state index contributed by atoms with van der Waals surface area (Å²) >= 11 is 0. The second kappa shape index (κ2) is 16.3. The number of allylic oxidation sites excluding steroid dienone is 2. The number of ketones is 2. The Bertz CT molecular complexity index is 1310. The Morgan fingerprint density at radius 1 is 1.09 bits per heavy atom. The second-order valence-corrected chi connectivity index (χ2v) is 13.1. The predicted molar refractivity (Wildman–Crippen MR) is 170 cm³/mol. The van der Waals surface area contributed by atoms with Crippen molar-refractivity contribution in [3.63, 3.8) is 0 Å². The van der Waals surface area contributed by atoms with E-state index in [0.29, 0.717) is 57.8 Å². The van der Waals surface area contributed by atoms with Gasteiger partial charge < -0.3 is 19.1 Å². The van der Waals surface area contributed by atoms with Crippen LogP contribution < -0.4 is 0 Å². The minimum atomic E-state index is -1.50. The Balaban J connectivity index is 1.61. The average molecular weight is 637 g/mol. The summed E-state index contributed by atoms with van der Waals surface area (Å²) in [5, 5.41) is 0. The van der Waals surface area contributed by atoms with Crippen molar-refractivity contribution in [1.29, 1.82) is 0 Å². The van der Waals surface area contributed by atoms with Crippen LogP contribution in [0.4, 0.5) is 0 Å². The van der Waals surface area contributed by atoms with Gasteiger partial charge in [-0.15, -0.1) is 6.58 Å². The molecule has 3 aliphatic rings. The number of carbonyl (C=O) groups excluding carboxylic acids is 5. The minimum absolute atomic E-state index is 0.0625. The zero-order valence-corrected chi connectivity index (χ0v) is 27.4. The number of amides is 1. The SMILES string of the molecule is C=CCC1/C=C(\C)CCOC(=O)[C@@H]2CC[C@@](C)(O2)C(=O)C(=O)N2CCCC[C@H]2C(=O)OC(CCc2cccnc2)[C@H](C)CCC1=O. The van der Waals surface area contributed by atoms with Gasteiger partial charge in [0.1, 0.15) is 23.5 Å². The molecule has 2 unspecified atom stereocenters. The molecule has 0 N–H and O–H groups in total. The first kappa shape index (κ1) is 35.2. The van der Waals surface area contributed by atoms with Gasteiger partial charge in [0.15, 0.2) is 6.10 Å². The standard InChI is InChI=1S/C36H48N2O8/c1-5-9-27-22-24(2)17-21-44-35(43)31-16-18-36(4,46-31)32(40)33(41)38-20-7-6-11-28(38)34(42)45-30(25(3)12-14-29(27)39)15-13-26-10-8-19-37-23-26/h5,8,10,19,22-23,25,27-28,30-31H,1,6-7,9,11-18,20-21H2,2-4H3/b24-22+/t25-,27?,28+,30?,31+,36-/m1/s1. The quantitative estimate of drug-likeness (QED) is 0.252. The minimum Gasteiger partial charge on any atom is -0.463 e. The van der Waals surface area contributed by atoms with Crippen LogP contribution in [0.1, 0.15) is 90.5 Å². The van der Waals surface area contributed by atoms with E-state index in [-0.39, 0.29) is 43.6 Å². The van der Waals surface area contributed by atoms with Crippen LogP contribution >= 0.6 is 0 Å². The molecule has 4 rings (SSSR count). The smallest absolute Gasteiger partial charge is 0.335 e. The van der Waals surface area contributed by atoms with Gasteiger partial charge in [0.05, 0.1) is 6.61 Å². The van der Waals surface area contributed by atoms with E-state index in [1.807, 2.05) is 32.1 Å². The van der Waals surface area contributed by atoms with Crippen molar-refractivity contribution in [2.24, 2.45) is 11.8 Å². The number of Topliss-reactive ketones (excluding diaryl/α,β-unsaturated/α-hetero) is 2. The van der Waals surface area contributed by atoms with Crippen LogP contribution in [0.25, 0.3) is 0 Å². The Morgan fingerprint density at radius 2 is 1.89 bits per heavy atom. The van der Waals surface area contributed by atoms with Gasteiger partial charge in [0, 0.05) is 37.7 Å². The van der Waals surface area contributed by atoms with E-state index in [2.05, 4.69) is 11.6 Å². The number of pyridine rings is 1. The van der Waals surface area contributed by atoms with Gasteiger partial charge in [0.25, 0.3) is 11.7 Å². The molecule has 10 heteroatoms. The third kappa shape index (κ3) is 8.99. The van der Waals surface area contributed by atoms with Gasteiger partial charge in [-0.25, -0.2) is 9.59 Å². The Labute approximate surface area is 271 Å². The molecular weight excluding hydrogens is 588 g/mol. The number of piperidine rings is 1. The van der Waals surface area contributed by atoms with Crippen LogP contribution in [0.15, 0.2) is 48.8 Å². The molecule has 1 aromatic rings. The van der Waals surface area contributed by atoms with Crippen LogP contribution in [-0.2, 0) is 44.6 Å². The van der Waals surface area contributed by atoms with Crippen molar-refractivity contribution in [3.05, 3.63) is 54.4 Å². The second-order valence-electron chi connectivity index (χ2n) is 13.1. The highest BCUT2D eigenvalue weighted by Gasteiger charge is 2.50. The maximum atomic E-state index is 13.8. The molecule has 250 valence electrons. The van der Waals surface area contributed by atoms with Crippen molar-refractivity contribution in [1.82, 2.24) is 9.88 Å². The number of hydrogen-bond acceptors (Lipinski definition) is 9. The Hall–Kier alpha value is -3.66.